The Bertz CT molecular complexity index is 545. The molecule has 1 aromatic rings. The van der Waals surface area contributed by atoms with Gasteiger partial charge in [0.2, 0.25) is 0 Å². The quantitative estimate of drug-likeness (QED) is 0.221. The van der Waals surface area contributed by atoms with Gasteiger partial charge in [-0.1, -0.05) is 11.8 Å². The summed E-state index contributed by atoms with van der Waals surface area (Å²) in [7, 11) is 2.22. The maximum Gasteiger partial charge on any atom is 0.357 e. The summed E-state index contributed by atoms with van der Waals surface area (Å²) >= 11 is 9.34. The number of aromatic nitrogens is 1. The highest BCUT2D eigenvalue weighted by molar-refractivity contribution is 8.01. The van der Waals surface area contributed by atoms with E-state index in [9.17, 15) is 9.59 Å². The van der Waals surface area contributed by atoms with Gasteiger partial charge in [-0.3, -0.25) is 0 Å². The zero-order chi connectivity index (χ0) is 16.8. The number of hydrogen-bond donors (Lipinski definition) is 0. The predicted molar refractivity (Wildman–Crippen MR) is 95.3 cm³/mol. The van der Waals surface area contributed by atoms with Crippen LogP contribution in [-0.4, -0.2) is 41.1 Å². The Balaban J connectivity index is 1.85. The van der Waals surface area contributed by atoms with Gasteiger partial charge < -0.3 is 14.1 Å². The Hall–Kier alpha value is -0.200. The molecule has 0 N–H and O–H groups in total. The lowest BCUT2D eigenvalue weighted by Crippen LogP contribution is -2.23. The fraction of sp³-hybridized carbons (Fsp3) is 0.643. The summed E-state index contributed by atoms with van der Waals surface area (Å²) in [5.41, 5.74) is 0.345. The van der Waals surface area contributed by atoms with Crippen LogP contribution in [0.3, 0.4) is 0 Å². The molecule has 1 heterocycles. The van der Waals surface area contributed by atoms with E-state index >= 15 is 0 Å². The van der Waals surface area contributed by atoms with Gasteiger partial charge in [-0.25, -0.2) is 9.78 Å². The van der Waals surface area contributed by atoms with Crippen molar-refractivity contribution >= 4 is 56.4 Å². The van der Waals surface area contributed by atoms with Crippen molar-refractivity contribution in [3.63, 3.8) is 0 Å². The van der Waals surface area contributed by atoms with Gasteiger partial charge in [0.15, 0.2) is 10.0 Å². The molecule has 1 saturated carbocycles. The van der Waals surface area contributed by atoms with Crippen LogP contribution in [0, 0.1) is 11.8 Å². The van der Waals surface area contributed by atoms with Gasteiger partial charge in [-0.15, -0.1) is 22.9 Å². The first kappa shape index (κ1) is 19.1. The third-order valence-electron chi connectivity index (χ3n) is 3.82. The number of thioether (sulfide) groups is 1. The topological polar surface area (TPSA) is 65.5 Å². The maximum absolute atomic E-state index is 11.6. The van der Waals surface area contributed by atoms with E-state index in [1.807, 2.05) is 0 Å². The molecule has 2 rings (SSSR count). The second kappa shape index (κ2) is 9.33. The van der Waals surface area contributed by atoms with E-state index < -0.39 is 5.97 Å². The van der Waals surface area contributed by atoms with E-state index in [-0.39, 0.29) is 23.3 Å². The fourth-order valence-corrected chi connectivity index (χ4v) is 5.35. The van der Waals surface area contributed by atoms with Crippen LogP contribution in [-0.2, 0) is 14.1 Å². The Morgan fingerprint density at radius 3 is 3.09 bits per heavy atom. The van der Waals surface area contributed by atoms with Crippen molar-refractivity contribution in [2.45, 2.75) is 35.6 Å². The lowest BCUT2D eigenvalue weighted by Gasteiger charge is -2.18. The van der Waals surface area contributed by atoms with Crippen LogP contribution in [0.25, 0.3) is 0 Å². The highest BCUT2D eigenvalue weighted by Gasteiger charge is 2.42. The number of esters is 1. The molecule has 0 radical (unpaired) electrons. The smallest absolute Gasteiger partial charge is 0.357 e. The Morgan fingerprint density at radius 1 is 1.65 bits per heavy atom. The molecule has 0 aliphatic heterocycles. The highest BCUT2D eigenvalue weighted by Crippen LogP contribution is 2.40. The molecule has 0 spiro atoms. The van der Waals surface area contributed by atoms with Crippen molar-refractivity contribution in [2.24, 2.45) is 11.8 Å². The van der Waals surface area contributed by atoms with Gasteiger partial charge in [0.25, 0.3) is 0 Å². The summed E-state index contributed by atoms with van der Waals surface area (Å²) in [4.78, 5) is 27.1. The molecule has 1 aliphatic carbocycles. The van der Waals surface area contributed by atoms with Crippen molar-refractivity contribution in [2.75, 3.05) is 12.4 Å². The first-order valence-electron chi connectivity index (χ1n) is 7.31. The van der Waals surface area contributed by atoms with Gasteiger partial charge in [0.1, 0.15) is 6.29 Å². The lowest BCUT2D eigenvalue weighted by atomic mass is 9.94. The van der Waals surface area contributed by atoms with Crippen LogP contribution >= 0.6 is 44.2 Å². The van der Waals surface area contributed by atoms with Crippen LogP contribution in [0.2, 0.25) is 0 Å². The number of thiazole rings is 1. The Kier molecular flexibility index (Phi) is 7.76. The summed E-state index contributed by atoms with van der Waals surface area (Å²) in [6, 6.07) is 0. The molecule has 0 saturated heterocycles. The second-order valence-electron chi connectivity index (χ2n) is 5.16. The van der Waals surface area contributed by atoms with E-state index in [4.69, 9.17) is 20.9 Å². The first-order valence-corrected chi connectivity index (χ1v) is 10.1. The highest BCUT2D eigenvalue weighted by atomic mass is 35.5. The van der Waals surface area contributed by atoms with Crippen LogP contribution in [0.1, 0.15) is 30.3 Å². The largest absolute Gasteiger partial charge is 0.461 e. The molecular weight excluding hydrogens is 377 g/mol. The number of hydrogen-bond acceptors (Lipinski definition) is 7. The molecule has 0 aromatic carbocycles. The van der Waals surface area contributed by atoms with Crippen LogP contribution in [0.4, 0.5) is 0 Å². The molecule has 128 valence electrons. The third kappa shape index (κ3) is 4.89. The zero-order valence-electron chi connectivity index (χ0n) is 12.6. The van der Waals surface area contributed by atoms with E-state index in [2.05, 4.69) is 14.5 Å². The van der Waals surface area contributed by atoms with E-state index in [1.54, 1.807) is 24.1 Å². The minimum atomic E-state index is -0.395. The van der Waals surface area contributed by atoms with Crippen molar-refractivity contribution in [1.29, 1.82) is 0 Å². The fourth-order valence-electron chi connectivity index (χ4n) is 2.68. The van der Waals surface area contributed by atoms with Crippen molar-refractivity contribution < 1.29 is 18.8 Å². The molecule has 0 bridgehead atoms. The number of halogens is 1. The third-order valence-corrected chi connectivity index (χ3v) is 6.73. The Morgan fingerprint density at radius 2 is 2.43 bits per heavy atom. The lowest BCUT2D eigenvalue weighted by molar-refractivity contribution is -0.114. The van der Waals surface area contributed by atoms with Gasteiger partial charge >= 0.3 is 5.97 Å². The maximum atomic E-state index is 11.6. The predicted octanol–water partition coefficient (Wildman–Crippen LogP) is 3.42. The molecule has 1 aliphatic rings. The SMILES string of the molecule is CCOC(=O)c1csc(SCC[C@@H]2[C@@H](C=O)[C@H](OP)C[C@H]2Cl)n1. The van der Waals surface area contributed by atoms with Crippen LogP contribution in [0.5, 0.6) is 0 Å². The summed E-state index contributed by atoms with van der Waals surface area (Å²) < 4.78 is 11.0. The summed E-state index contributed by atoms with van der Waals surface area (Å²) in [6.45, 7) is 2.10. The molecule has 0 amide bonds. The van der Waals surface area contributed by atoms with Gasteiger partial charge in [-0.2, -0.15) is 0 Å². The van der Waals surface area contributed by atoms with Gasteiger partial charge in [0, 0.05) is 31.9 Å². The number of carbonyl (C=O) groups is 2. The average Bonchev–Trinajstić information content (AvgIpc) is 3.12. The van der Waals surface area contributed by atoms with E-state index in [0.717, 1.165) is 22.8 Å². The number of rotatable bonds is 8. The van der Waals surface area contributed by atoms with Crippen LogP contribution < -0.4 is 0 Å². The number of nitrogens with zero attached hydrogens (tertiary/aromatic N) is 1. The van der Waals surface area contributed by atoms with Crippen molar-refractivity contribution in [3.8, 4) is 0 Å². The number of aldehydes is 1. The molecule has 5 nitrogen and oxygen atoms in total. The molecule has 23 heavy (non-hydrogen) atoms. The number of alkyl halides is 1. The summed E-state index contributed by atoms with van der Waals surface area (Å²) in [6.07, 6.45) is 2.33. The Labute approximate surface area is 151 Å². The van der Waals surface area contributed by atoms with E-state index in [0.29, 0.717) is 18.7 Å². The monoisotopic (exact) mass is 395 g/mol. The minimum absolute atomic E-state index is 0.0530. The standard InChI is InChI=1S/C14H19ClNO4PS2/c1-2-19-13(18)11-7-23-14(16-11)22-4-3-8-9(6-17)12(20-21)5-10(8)15/h6-10,12H,2-5,21H2,1H3/t8-,9-,10-,12-/m1/s1. The second-order valence-corrected chi connectivity index (χ2v) is 8.19. The minimum Gasteiger partial charge on any atom is -0.461 e. The molecule has 1 fully saturated rings. The van der Waals surface area contributed by atoms with Gasteiger partial charge in [0.05, 0.1) is 12.7 Å². The van der Waals surface area contributed by atoms with E-state index in [1.165, 1.54) is 11.3 Å². The first-order chi connectivity index (χ1) is 11.1. The summed E-state index contributed by atoms with van der Waals surface area (Å²) in [5.74, 6) is 0.338. The van der Waals surface area contributed by atoms with Crippen LogP contribution in [0.15, 0.2) is 9.72 Å². The molecule has 5 atom stereocenters. The molecular formula is C14H19ClNO4PS2. The van der Waals surface area contributed by atoms with Gasteiger partial charge in [-0.05, 0) is 25.7 Å². The number of ether oxygens (including phenoxy) is 1. The molecule has 1 aromatic heterocycles. The zero-order valence-corrected chi connectivity index (χ0v) is 16.2. The summed E-state index contributed by atoms with van der Waals surface area (Å²) in [5, 5.41) is 1.65. The van der Waals surface area contributed by atoms with Crippen molar-refractivity contribution in [3.05, 3.63) is 11.1 Å². The van der Waals surface area contributed by atoms with Crippen molar-refractivity contribution in [1.82, 2.24) is 4.98 Å². The molecule has 9 heteroatoms. The molecule has 1 unspecified atom stereocenters. The normalized spacial score (nSPS) is 27.1. The number of carbonyl (C=O) groups excluding carboxylic acids is 2. The average molecular weight is 396 g/mol.